The summed E-state index contributed by atoms with van der Waals surface area (Å²) in [7, 11) is 3.13. The SMILES string of the molecule is COCCN1C(=O)[C@H](CC(=O)Nc2ccccc2OC)n2c1nc1ccccc12. The Morgan fingerprint density at radius 1 is 1.14 bits per heavy atom. The van der Waals surface area contributed by atoms with Gasteiger partial charge in [-0.05, 0) is 24.3 Å². The number of nitrogens with one attached hydrogen (secondary N) is 1. The Hall–Kier alpha value is -3.39. The maximum absolute atomic E-state index is 13.1. The largest absolute Gasteiger partial charge is 0.495 e. The van der Waals surface area contributed by atoms with Gasteiger partial charge >= 0.3 is 0 Å². The highest BCUT2D eigenvalue weighted by Gasteiger charge is 2.40. The number of ether oxygens (including phenoxy) is 2. The Morgan fingerprint density at radius 2 is 1.90 bits per heavy atom. The van der Waals surface area contributed by atoms with Crippen molar-refractivity contribution in [2.24, 2.45) is 0 Å². The molecule has 2 amide bonds. The first kappa shape index (κ1) is 18.9. The lowest BCUT2D eigenvalue weighted by molar-refractivity contribution is -0.124. The highest BCUT2D eigenvalue weighted by molar-refractivity contribution is 6.05. The molecule has 1 aromatic heterocycles. The van der Waals surface area contributed by atoms with E-state index in [9.17, 15) is 9.59 Å². The number of carbonyl (C=O) groups excluding carboxylic acids is 2. The molecule has 4 rings (SSSR count). The van der Waals surface area contributed by atoms with E-state index < -0.39 is 6.04 Å². The number of anilines is 2. The molecule has 2 heterocycles. The van der Waals surface area contributed by atoms with E-state index in [0.29, 0.717) is 30.5 Å². The Kier molecular flexibility index (Phi) is 5.18. The van der Waals surface area contributed by atoms with Crippen molar-refractivity contribution < 1.29 is 19.1 Å². The smallest absolute Gasteiger partial charge is 0.253 e. The zero-order chi connectivity index (χ0) is 20.4. The highest BCUT2D eigenvalue weighted by Crippen LogP contribution is 2.36. The minimum absolute atomic E-state index is 0.00623. The van der Waals surface area contributed by atoms with Crippen LogP contribution in [-0.4, -0.2) is 48.7 Å². The second-order valence-electron chi connectivity index (χ2n) is 6.72. The Morgan fingerprint density at radius 3 is 2.69 bits per heavy atom. The molecular formula is C21H22N4O4. The number of benzene rings is 2. The van der Waals surface area contributed by atoms with Crippen LogP contribution in [0.25, 0.3) is 11.0 Å². The van der Waals surface area contributed by atoms with Crippen LogP contribution < -0.4 is 15.0 Å². The zero-order valence-electron chi connectivity index (χ0n) is 16.3. The number of aromatic nitrogens is 2. The third kappa shape index (κ3) is 3.42. The standard InChI is InChI=1S/C21H22N4O4/c1-28-12-11-24-20(27)17(25-16-9-5-3-7-14(16)23-21(24)25)13-19(26)22-15-8-4-6-10-18(15)29-2/h3-10,17H,11-13H2,1-2H3,(H,22,26)/t17-/m0/s1. The lowest BCUT2D eigenvalue weighted by atomic mass is 10.1. The quantitative estimate of drug-likeness (QED) is 0.666. The van der Waals surface area contributed by atoms with Crippen molar-refractivity contribution in [3.05, 3.63) is 48.5 Å². The molecule has 0 saturated heterocycles. The van der Waals surface area contributed by atoms with E-state index in [1.165, 1.54) is 0 Å². The summed E-state index contributed by atoms with van der Waals surface area (Å²) >= 11 is 0. The molecule has 0 spiro atoms. The molecule has 1 aliphatic rings. The fourth-order valence-corrected chi connectivity index (χ4v) is 3.61. The first-order chi connectivity index (χ1) is 14.1. The van der Waals surface area contributed by atoms with Gasteiger partial charge in [-0.1, -0.05) is 24.3 Å². The number of amides is 2. The molecule has 8 heteroatoms. The van der Waals surface area contributed by atoms with Crippen molar-refractivity contribution >= 4 is 34.5 Å². The van der Waals surface area contributed by atoms with Gasteiger partial charge in [0.25, 0.3) is 5.91 Å². The normalized spacial score (nSPS) is 15.6. The van der Waals surface area contributed by atoms with E-state index in [0.717, 1.165) is 11.0 Å². The molecule has 29 heavy (non-hydrogen) atoms. The van der Waals surface area contributed by atoms with E-state index in [-0.39, 0.29) is 18.2 Å². The van der Waals surface area contributed by atoms with Crippen LogP contribution in [-0.2, 0) is 14.3 Å². The number of fused-ring (bicyclic) bond motifs is 3. The maximum atomic E-state index is 13.1. The molecular weight excluding hydrogens is 372 g/mol. The van der Waals surface area contributed by atoms with Crippen LogP contribution in [0.1, 0.15) is 12.5 Å². The van der Waals surface area contributed by atoms with Gasteiger partial charge in [-0.25, -0.2) is 4.98 Å². The van der Waals surface area contributed by atoms with Crippen molar-refractivity contribution in [2.75, 3.05) is 37.6 Å². The molecule has 0 radical (unpaired) electrons. The molecule has 0 saturated carbocycles. The molecule has 1 aliphatic heterocycles. The molecule has 2 aromatic carbocycles. The van der Waals surface area contributed by atoms with E-state index in [4.69, 9.17) is 9.47 Å². The van der Waals surface area contributed by atoms with Crippen molar-refractivity contribution in [1.29, 1.82) is 0 Å². The number of methoxy groups -OCH3 is 2. The summed E-state index contributed by atoms with van der Waals surface area (Å²) in [6, 6.07) is 14.1. The fraction of sp³-hybridized carbons (Fsp3) is 0.286. The highest BCUT2D eigenvalue weighted by atomic mass is 16.5. The van der Waals surface area contributed by atoms with Crippen molar-refractivity contribution in [1.82, 2.24) is 9.55 Å². The predicted molar refractivity (Wildman–Crippen MR) is 109 cm³/mol. The average Bonchev–Trinajstić information content (AvgIpc) is 3.22. The minimum Gasteiger partial charge on any atom is -0.495 e. The first-order valence-electron chi connectivity index (χ1n) is 9.34. The van der Waals surface area contributed by atoms with Gasteiger partial charge in [-0.2, -0.15) is 0 Å². The summed E-state index contributed by atoms with van der Waals surface area (Å²) in [4.78, 5) is 32.1. The van der Waals surface area contributed by atoms with Crippen LogP contribution in [0.15, 0.2) is 48.5 Å². The Balaban J connectivity index is 1.63. The van der Waals surface area contributed by atoms with Gasteiger partial charge in [0.2, 0.25) is 11.9 Å². The van der Waals surface area contributed by atoms with Crippen LogP contribution in [0.4, 0.5) is 11.6 Å². The molecule has 0 fully saturated rings. The number of carbonyl (C=O) groups is 2. The fourth-order valence-electron chi connectivity index (χ4n) is 3.61. The van der Waals surface area contributed by atoms with E-state index in [2.05, 4.69) is 10.3 Å². The van der Waals surface area contributed by atoms with Crippen LogP contribution in [0.2, 0.25) is 0 Å². The van der Waals surface area contributed by atoms with Gasteiger partial charge in [0, 0.05) is 7.11 Å². The van der Waals surface area contributed by atoms with Gasteiger partial charge in [-0.15, -0.1) is 0 Å². The number of hydrogen-bond donors (Lipinski definition) is 1. The molecule has 1 atom stereocenters. The van der Waals surface area contributed by atoms with Gasteiger partial charge in [-0.3, -0.25) is 19.1 Å². The number of nitrogens with zero attached hydrogens (tertiary/aromatic N) is 3. The lowest BCUT2D eigenvalue weighted by Crippen LogP contribution is -2.33. The van der Waals surface area contributed by atoms with Crippen LogP contribution in [0.3, 0.4) is 0 Å². The van der Waals surface area contributed by atoms with Crippen LogP contribution in [0.5, 0.6) is 5.75 Å². The van der Waals surface area contributed by atoms with Crippen molar-refractivity contribution in [3.63, 3.8) is 0 Å². The first-order valence-corrected chi connectivity index (χ1v) is 9.34. The molecule has 150 valence electrons. The summed E-state index contributed by atoms with van der Waals surface area (Å²) in [5.74, 6) is 0.674. The van der Waals surface area contributed by atoms with Gasteiger partial charge < -0.3 is 14.8 Å². The van der Waals surface area contributed by atoms with Gasteiger partial charge in [0.15, 0.2) is 0 Å². The van der Waals surface area contributed by atoms with Crippen LogP contribution in [0, 0.1) is 0 Å². The topological polar surface area (TPSA) is 85.7 Å². The average molecular weight is 394 g/mol. The molecule has 3 aromatic rings. The second kappa shape index (κ2) is 7.92. The van der Waals surface area contributed by atoms with Crippen molar-refractivity contribution in [3.8, 4) is 5.75 Å². The molecule has 0 aliphatic carbocycles. The Bertz CT molecular complexity index is 1060. The van der Waals surface area contributed by atoms with Crippen molar-refractivity contribution in [2.45, 2.75) is 12.5 Å². The maximum Gasteiger partial charge on any atom is 0.253 e. The molecule has 0 unspecified atom stereocenters. The summed E-state index contributed by atoms with van der Waals surface area (Å²) in [6.07, 6.45) is -0.00623. The summed E-state index contributed by atoms with van der Waals surface area (Å²) in [5, 5.41) is 2.84. The van der Waals surface area contributed by atoms with Gasteiger partial charge in [0.1, 0.15) is 11.8 Å². The third-order valence-corrected chi connectivity index (χ3v) is 4.96. The Labute approximate surface area is 168 Å². The van der Waals surface area contributed by atoms with E-state index in [1.54, 1.807) is 31.3 Å². The molecule has 0 bridgehead atoms. The number of imidazole rings is 1. The third-order valence-electron chi connectivity index (χ3n) is 4.96. The van der Waals surface area contributed by atoms with Gasteiger partial charge in [0.05, 0.1) is 43.4 Å². The number of hydrogen-bond acceptors (Lipinski definition) is 5. The minimum atomic E-state index is -0.663. The summed E-state index contributed by atoms with van der Waals surface area (Å²) in [5.41, 5.74) is 2.18. The second-order valence-corrected chi connectivity index (χ2v) is 6.72. The molecule has 1 N–H and O–H groups in total. The predicted octanol–water partition coefficient (Wildman–Crippen LogP) is 2.61. The lowest BCUT2D eigenvalue weighted by Gasteiger charge is -2.16. The van der Waals surface area contributed by atoms with E-state index in [1.807, 2.05) is 41.0 Å². The number of rotatable bonds is 7. The monoisotopic (exact) mass is 394 g/mol. The molecule has 8 nitrogen and oxygen atoms in total. The summed E-state index contributed by atoms with van der Waals surface area (Å²) < 4.78 is 12.3. The number of para-hydroxylation sites is 4. The van der Waals surface area contributed by atoms with Crippen LogP contribution >= 0.6 is 0 Å². The zero-order valence-corrected chi connectivity index (χ0v) is 16.3. The van der Waals surface area contributed by atoms with E-state index >= 15 is 0 Å². The summed E-state index contributed by atoms with van der Waals surface area (Å²) in [6.45, 7) is 0.762.